The van der Waals surface area contributed by atoms with Gasteiger partial charge in [0.05, 0.1) is 65.5 Å². The van der Waals surface area contributed by atoms with E-state index in [1.54, 1.807) is 7.11 Å². The van der Waals surface area contributed by atoms with Gasteiger partial charge in [-0.05, 0) is 101 Å². The Morgan fingerprint density at radius 3 is 1.18 bits per heavy atom. The maximum atomic E-state index is 5.93. The molecule has 12 heteroatoms. The second-order valence-corrected chi connectivity index (χ2v) is 20.5. The van der Waals surface area contributed by atoms with Crippen LogP contribution in [0.5, 0.6) is 17.2 Å². The van der Waals surface area contributed by atoms with Gasteiger partial charge in [-0.25, -0.2) is 0 Å². The molecule has 0 aliphatic heterocycles. The molecule has 8 rings (SSSR count). The number of ether oxygens (including phenoxy) is 3. The first-order chi connectivity index (χ1) is 32.2. The van der Waals surface area contributed by atoms with Crippen LogP contribution in [0.1, 0.15) is 22.3 Å². The zero-order chi connectivity index (χ0) is 46.8. The minimum atomic E-state index is -1.52. The average molecular weight is 974 g/mol. The summed E-state index contributed by atoms with van der Waals surface area (Å²) in [6.07, 6.45) is 2.21. The van der Waals surface area contributed by atoms with Gasteiger partial charge in [0.1, 0.15) is 22.7 Å². The standard InChI is InChI=1S/C34H38B2O2P2.C13H16BOP.C8H8Cl2.Li/c1-37-31-20-9-11-22-33(31)39(35,29-16-5-3-6-17-29)25-27-14-13-15-28(24-27)26-40(36,30-18-7-4-8-19-30)34-23-12-10-21-32(34)38-2;1-15-12-9-5-6-10-13(12)16(14)11-7-3-2-4-8-11;9-5-7-2-1-3-8(4-7)6-10;/h3-24H,25-26H2,1-2,35-36H3;2-10,16H,1,14H3;1-4H,5-6H2;/q;;;+1. The number of rotatable bonds is 15. The summed E-state index contributed by atoms with van der Waals surface area (Å²) >= 11 is 11.2. The first kappa shape index (κ1) is 53.8. The Balaban J connectivity index is 0.000000253. The van der Waals surface area contributed by atoms with E-state index in [0.717, 1.165) is 40.7 Å². The Morgan fingerprint density at radius 1 is 0.418 bits per heavy atom. The van der Waals surface area contributed by atoms with E-state index in [2.05, 4.69) is 182 Å². The van der Waals surface area contributed by atoms with Crippen LogP contribution in [0.2, 0.25) is 0 Å². The summed E-state index contributed by atoms with van der Waals surface area (Å²) in [6.45, 7) is 0. The largest absolute Gasteiger partial charge is 1.00 e. The molecule has 8 aromatic carbocycles. The molecule has 0 aromatic heterocycles. The van der Waals surface area contributed by atoms with Gasteiger partial charge in [-0.15, -0.1) is 31.0 Å². The molecule has 0 heterocycles. The van der Waals surface area contributed by atoms with Crippen molar-refractivity contribution in [1.82, 2.24) is 0 Å². The predicted molar refractivity (Wildman–Crippen MR) is 307 cm³/mol. The molecule has 0 amide bonds. The summed E-state index contributed by atoms with van der Waals surface area (Å²) in [7, 11) is 2.08. The van der Waals surface area contributed by atoms with E-state index in [9.17, 15) is 0 Å². The van der Waals surface area contributed by atoms with Crippen LogP contribution in [-0.4, -0.2) is 44.0 Å². The van der Waals surface area contributed by atoms with Crippen molar-refractivity contribution in [3.8, 4) is 17.2 Å². The smallest absolute Gasteiger partial charge is 0.493 e. The van der Waals surface area contributed by atoms with E-state index in [1.807, 2.05) is 44.6 Å². The van der Waals surface area contributed by atoms with Gasteiger partial charge < -0.3 is 14.2 Å². The number of para-hydroxylation sites is 3. The predicted octanol–water partition coefficient (Wildman–Crippen LogP) is 5.91. The molecule has 67 heavy (non-hydrogen) atoms. The normalized spacial score (nSPS) is 12.8. The topological polar surface area (TPSA) is 27.7 Å². The second-order valence-electron chi connectivity index (χ2n) is 14.3. The van der Waals surface area contributed by atoms with E-state index in [0.29, 0.717) is 19.3 Å². The number of benzene rings is 8. The molecule has 0 radical (unpaired) electrons. The number of methoxy groups -OCH3 is 3. The van der Waals surface area contributed by atoms with Crippen molar-refractivity contribution >= 4 is 99.8 Å². The molecule has 3 atom stereocenters. The van der Waals surface area contributed by atoms with Crippen LogP contribution in [0.25, 0.3) is 0 Å². The molecule has 0 saturated heterocycles. The first-order valence-corrected chi connectivity index (χ1v) is 25.8. The molecule has 3 unspecified atom stereocenters. The fourth-order valence-electron chi connectivity index (χ4n) is 6.96. The van der Waals surface area contributed by atoms with Crippen molar-refractivity contribution < 1.29 is 33.1 Å². The Morgan fingerprint density at radius 2 is 0.761 bits per heavy atom. The van der Waals surface area contributed by atoms with Crippen LogP contribution in [0, 0.1) is 0 Å². The van der Waals surface area contributed by atoms with Crippen LogP contribution in [0.3, 0.4) is 0 Å². The molecule has 8 aromatic rings. The molecule has 0 bridgehead atoms. The van der Waals surface area contributed by atoms with Crippen molar-refractivity contribution in [3.05, 3.63) is 235 Å². The monoisotopic (exact) mass is 973 g/mol. The average Bonchev–Trinajstić information content (AvgIpc) is 3.39. The van der Waals surface area contributed by atoms with Gasteiger partial charge in [-0.3, -0.25) is 0 Å². The van der Waals surface area contributed by atoms with Crippen LogP contribution in [0.4, 0.5) is 0 Å². The third-order valence-electron chi connectivity index (χ3n) is 10.0. The Kier molecular flexibility index (Phi) is 21.8. The molecule has 0 saturated carbocycles. The molecule has 0 N–H and O–H groups in total. The summed E-state index contributed by atoms with van der Waals surface area (Å²) < 4.78 is 17.3. The Bertz CT molecular complexity index is 2590. The molecule has 0 spiro atoms. The molecular weight excluding hydrogens is 912 g/mol. The fraction of sp³-hybridized carbons (Fsp3) is 0.127. The van der Waals surface area contributed by atoms with E-state index in [4.69, 9.17) is 37.4 Å². The third kappa shape index (κ3) is 14.2. The second kappa shape index (κ2) is 27.1. The van der Waals surface area contributed by atoms with Crippen molar-refractivity contribution in [1.29, 1.82) is 0 Å². The number of hydrogen-bond donors (Lipinski definition) is 0. The fourth-order valence-corrected chi connectivity index (χ4v) is 13.3. The molecule has 338 valence electrons. The number of halogens is 2. The molecule has 0 fully saturated rings. The zero-order valence-electron chi connectivity index (χ0n) is 36.9. The minimum absolute atomic E-state index is 0. The summed E-state index contributed by atoms with van der Waals surface area (Å²) in [4.78, 5) is 0. The van der Waals surface area contributed by atoms with Gasteiger partial charge in [0, 0.05) is 11.8 Å². The summed E-state index contributed by atoms with van der Waals surface area (Å²) in [5.41, 5.74) is 5.16. The molecule has 3 nitrogen and oxygen atoms in total. The molecule has 0 aliphatic rings. The van der Waals surface area contributed by atoms with Crippen molar-refractivity contribution in [3.63, 3.8) is 0 Å². The zero-order valence-corrected chi connectivity index (χ0v) is 41.2. The van der Waals surface area contributed by atoms with E-state index in [1.165, 1.54) is 43.0 Å². The van der Waals surface area contributed by atoms with Crippen molar-refractivity contribution in [2.75, 3.05) is 21.3 Å². The van der Waals surface area contributed by atoms with E-state index in [-0.39, 0.29) is 34.0 Å². The quantitative estimate of drug-likeness (QED) is 0.0728. The summed E-state index contributed by atoms with van der Waals surface area (Å²) in [5.74, 6) is 4.27. The Hall–Kier alpha value is -4.18. The minimum Gasteiger partial charge on any atom is -0.493 e. The Labute approximate surface area is 427 Å². The third-order valence-corrected chi connectivity index (χ3v) is 17.0. The van der Waals surface area contributed by atoms with E-state index < -0.39 is 22.1 Å². The summed E-state index contributed by atoms with van der Waals surface area (Å²) in [6, 6.07) is 76.8. The summed E-state index contributed by atoms with van der Waals surface area (Å²) in [5, 5.41) is 8.86. The number of hydrogen-bond acceptors (Lipinski definition) is 3. The number of alkyl halides is 2. The maximum absolute atomic E-state index is 5.93. The van der Waals surface area contributed by atoms with E-state index >= 15 is 0 Å². The van der Waals surface area contributed by atoms with Gasteiger partial charge in [0.2, 0.25) is 0 Å². The maximum Gasteiger partial charge on any atom is 1.00 e. The van der Waals surface area contributed by atoms with Gasteiger partial charge in [-0.1, -0.05) is 148 Å². The van der Waals surface area contributed by atoms with Crippen LogP contribution >= 0.6 is 45.3 Å². The van der Waals surface area contributed by atoms with Gasteiger partial charge >= 0.3 is 18.9 Å². The van der Waals surface area contributed by atoms with Gasteiger partial charge in [0.15, 0.2) is 17.2 Å². The van der Waals surface area contributed by atoms with Gasteiger partial charge in [0.25, 0.3) is 0 Å². The molecular formula is C55H62B3Cl2LiO3P3+. The first-order valence-electron chi connectivity index (χ1n) is 20.7. The van der Waals surface area contributed by atoms with Crippen LogP contribution < -0.4 is 64.9 Å². The van der Waals surface area contributed by atoms with Gasteiger partial charge in [-0.2, -0.15) is 0 Å². The van der Waals surface area contributed by atoms with Crippen molar-refractivity contribution in [2.24, 2.45) is 0 Å². The van der Waals surface area contributed by atoms with Crippen LogP contribution in [-0.2, 0) is 24.1 Å². The SMILES string of the molecule is ClCc1cccc(CCl)c1.[BH3-][P+](Cc1cccc(C[P+]([BH3-])(c2ccccc2)c2ccccc2OC)c1)(c1ccccc1)c1ccccc1OC.[BH3-][PH+](c1ccccc1)c1ccccc1OC.[Li+]. The van der Waals surface area contributed by atoms with Crippen molar-refractivity contribution in [2.45, 2.75) is 24.1 Å². The molecule has 0 aliphatic carbocycles. The van der Waals surface area contributed by atoms with Crippen LogP contribution in [0.15, 0.2) is 212 Å².